The van der Waals surface area contributed by atoms with E-state index in [1.807, 2.05) is 6.20 Å². The van der Waals surface area contributed by atoms with Gasteiger partial charge in [0.15, 0.2) is 0 Å². The Bertz CT molecular complexity index is 950. The molecule has 4 rings (SSSR count). The van der Waals surface area contributed by atoms with E-state index >= 15 is 0 Å². The van der Waals surface area contributed by atoms with Crippen molar-refractivity contribution in [2.45, 2.75) is 26.7 Å². The van der Waals surface area contributed by atoms with Crippen molar-refractivity contribution in [3.8, 4) is 22.3 Å². The lowest BCUT2D eigenvalue weighted by molar-refractivity contribution is 1.11. The molecular formula is C23H21N. The molecule has 1 aromatic heterocycles. The van der Waals surface area contributed by atoms with Gasteiger partial charge < -0.3 is 0 Å². The number of allylic oxidation sites excluding steroid dienone is 1. The molecule has 0 amide bonds. The van der Waals surface area contributed by atoms with E-state index in [9.17, 15) is 0 Å². The lowest BCUT2D eigenvalue weighted by Gasteiger charge is -2.08. The van der Waals surface area contributed by atoms with Crippen LogP contribution < -0.4 is 0 Å². The van der Waals surface area contributed by atoms with E-state index in [1.54, 1.807) is 0 Å². The third-order valence-corrected chi connectivity index (χ3v) is 4.80. The summed E-state index contributed by atoms with van der Waals surface area (Å²) in [6, 6.07) is 17.8. The molecule has 118 valence electrons. The molecule has 3 aromatic rings. The molecule has 0 saturated carbocycles. The van der Waals surface area contributed by atoms with Gasteiger partial charge in [0.25, 0.3) is 0 Å². The summed E-state index contributed by atoms with van der Waals surface area (Å²) < 4.78 is 0. The molecule has 0 saturated heterocycles. The zero-order chi connectivity index (χ0) is 16.7. The first kappa shape index (κ1) is 14.9. The third kappa shape index (κ3) is 2.56. The fourth-order valence-corrected chi connectivity index (χ4v) is 3.63. The summed E-state index contributed by atoms with van der Waals surface area (Å²) in [4.78, 5) is 4.45. The van der Waals surface area contributed by atoms with E-state index in [1.165, 1.54) is 44.5 Å². The summed E-state index contributed by atoms with van der Waals surface area (Å²) in [6.07, 6.45) is 3.86. The summed E-state index contributed by atoms with van der Waals surface area (Å²) in [5.41, 5.74) is 11.7. The first-order chi connectivity index (χ1) is 11.6. The fraction of sp³-hybridized carbons (Fsp3) is 0.174. The molecule has 1 nitrogen and oxygen atoms in total. The Kier molecular flexibility index (Phi) is 3.57. The highest BCUT2D eigenvalue weighted by Crippen LogP contribution is 2.39. The van der Waals surface area contributed by atoms with Crippen LogP contribution in [-0.4, -0.2) is 4.98 Å². The Morgan fingerprint density at radius 3 is 2.71 bits per heavy atom. The van der Waals surface area contributed by atoms with Crippen LogP contribution in [0.3, 0.4) is 0 Å². The Morgan fingerprint density at radius 1 is 1.04 bits per heavy atom. The first-order valence-corrected chi connectivity index (χ1v) is 8.43. The van der Waals surface area contributed by atoms with Crippen LogP contribution >= 0.6 is 0 Å². The number of pyridine rings is 1. The number of aromatic nitrogens is 1. The average molecular weight is 311 g/mol. The van der Waals surface area contributed by atoms with E-state index < -0.39 is 0 Å². The van der Waals surface area contributed by atoms with Crippen molar-refractivity contribution >= 4 is 0 Å². The van der Waals surface area contributed by atoms with Crippen molar-refractivity contribution in [1.82, 2.24) is 4.98 Å². The molecule has 0 atom stereocenters. The van der Waals surface area contributed by atoms with Gasteiger partial charge in [-0.2, -0.15) is 0 Å². The Hall–Kier alpha value is -2.67. The normalized spacial score (nSPS) is 11.9. The number of hydrogen-bond acceptors (Lipinski definition) is 1. The van der Waals surface area contributed by atoms with Crippen LogP contribution in [0, 0.1) is 6.92 Å². The monoisotopic (exact) mass is 311 g/mol. The molecule has 0 N–H and O–H groups in total. The molecule has 1 aliphatic rings. The van der Waals surface area contributed by atoms with Gasteiger partial charge in [0.2, 0.25) is 0 Å². The van der Waals surface area contributed by atoms with E-state index in [4.69, 9.17) is 0 Å². The number of aryl methyl sites for hydroxylation is 1. The molecule has 0 radical (unpaired) electrons. The minimum absolute atomic E-state index is 0.937. The Labute approximate surface area is 143 Å². The van der Waals surface area contributed by atoms with Crippen LogP contribution in [0.25, 0.3) is 22.3 Å². The summed E-state index contributed by atoms with van der Waals surface area (Å²) in [6.45, 7) is 8.21. The maximum atomic E-state index is 4.45. The van der Waals surface area contributed by atoms with Crippen molar-refractivity contribution in [2.75, 3.05) is 0 Å². The van der Waals surface area contributed by atoms with E-state index in [0.717, 1.165) is 18.5 Å². The average Bonchev–Trinajstić information content (AvgIpc) is 2.94. The van der Waals surface area contributed by atoms with Gasteiger partial charge in [-0.3, -0.25) is 4.98 Å². The lowest BCUT2D eigenvalue weighted by atomic mass is 9.96. The second-order valence-corrected chi connectivity index (χ2v) is 6.81. The predicted molar refractivity (Wildman–Crippen MR) is 101 cm³/mol. The highest BCUT2D eigenvalue weighted by molar-refractivity contribution is 5.81. The summed E-state index contributed by atoms with van der Waals surface area (Å²) >= 11 is 0. The maximum absolute atomic E-state index is 4.45. The summed E-state index contributed by atoms with van der Waals surface area (Å²) in [5.74, 6) is 0. The second kappa shape index (κ2) is 5.76. The van der Waals surface area contributed by atoms with Gasteiger partial charge in [-0.15, -0.1) is 0 Å². The van der Waals surface area contributed by atoms with E-state index in [2.05, 4.69) is 73.9 Å². The van der Waals surface area contributed by atoms with Gasteiger partial charge in [-0.1, -0.05) is 48.6 Å². The van der Waals surface area contributed by atoms with Crippen molar-refractivity contribution in [1.29, 1.82) is 0 Å². The van der Waals surface area contributed by atoms with Crippen LogP contribution in [0.1, 0.15) is 29.3 Å². The van der Waals surface area contributed by atoms with Crippen molar-refractivity contribution < 1.29 is 0 Å². The Morgan fingerprint density at radius 2 is 1.88 bits per heavy atom. The van der Waals surface area contributed by atoms with Crippen LogP contribution in [0.4, 0.5) is 0 Å². The van der Waals surface area contributed by atoms with Crippen molar-refractivity contribution in [3.05, 3.63) is 89.3 Å². The molecule has 1 aliphatic carbocycles. The minimum Gasteiger partial charge on any atom is -0.261 e. The lowest BCUT2D eigenvalue weighted by Crippen LogP contribution is -1.88. The predicted octanol–water partition coefficient (Wildman–Crippen LogP) is 5.75. The number of benzene rings is 2. The van der Waals surface area contributed by atoms with Crippen molar-refractivity contribution in [3.63, 3.8) is 0 Å². The highest BCUT2D eigenvalue weighted by atomic mass is 14.7. The number of fused-ring (bicyclic) bond motifs is 3. The maximum Gasteiger partial charge on any atom is 0.0414 e. The second-order valence-electron chi connectivity index (χ2n) is 6.81. The summed E-state index contributed by atoms with van der Waals surface area (Å²) in [7, 11) is 0. The largest absolute Gasteiger partial charge is 0.261 e. The van der Waals surface area contributed by atoms with Gasteiger partial charge >= 0.3 is 0 Å². The van der Waals surface area contributed by atoms with E-state index in [-0.39, 0.29) is 0 Å². The molecular weight excluding hydrogens is 290 g/mol. The zero-order valence-corrected chi connectivity index (χ0v) is 14.3. The van der Waals surface area contributed by atoms with Crippen LogP contribution in [0.5, 0.6) is 0 Å². The molecule has 0 unspecified atom stereocenters. The third-order valence-electron chi connectivity index (χ3n) is 4.80. The molecule has 2 aromatic carbocycles. The van der Waals surface area contributed by atoms with Gasteiger partial charge in [0.1, 0.15) is 0 Å². The molecule has 1 heteroatoms. The standard InChI is InChI=1S/C23H21N/c1-15(2)11-17-5-4-6-18(12-17)19-7-8-20-14-22-16(3)24-10-9-21(22)23(20)13-19/h4-10,12-13H,1,11,14H2,2-3H3. The number of hydrogen-bond donors (Lipinski definition) is 0. The molecule has 0 aliphatic heterocycles. The topological polar surface area (TPSA) is 12.9 Å². The SMILES string of the molecule is C=C(C)Cc1cccc(-c2ccc3c(c2)-c2ccnc(C)c2C3)c1. The smallest absolute Gasteiger partial charge is 0.0414 e. The van der Waals surface area contributed by atoms with Gasteiger partial charge in [0, 0.05) is 18.3 Å². The van der Waals surface area contributed by atoms with Gasteiger partial charge in [0.05, 0.1) is 0 Å². The summed E-state index contributed by atoms with van der Waals surface area (Å²) in [5, 5.41) is 0. The van der Waals surface area contributed by atoms with E-state index in [0.29, 0.717) is 0 Å². The molecule has 24 heavy (non-hydrogen) atoms. The van der Waals surface area contributed by atoms with Crippen LogP contribution in [-0.2, 0) is 12.8 Å². The molecule has 0 fully saturated rings. The van der Waals surface area contributed by atoms with Gasteiger partial charge in [-0.25, -0.2) is 0 Å². The highest BCUT2D eigenvalue weighted by Gasteiger charge is 2.20. The first-order valence-electron chi connectivity index (χ1n) is 8.43. The van der Waals surface area contributed by atoms with Crippen LogP contribution in [0.15, 0.2) is 66.9 Å². The van der Waals surface area contributed by atoms with Crippen LogP contribution in [0.2, 0.25) is 0 Å². The Balaban J connectivity index is 1.78. The molecule has 0 spiro atoms. The molecule has 0 bridgehead atoms. The fourth-order valence-electron chi connectivity index (χ4n) is 3.63. The van der Waals surface area contributed by atoms with Crippen molar-refractivity contribution in [2.24, 2.45) is 0 Å². The number of rotatable bonds is 3. The van der Waals surface area contributed by atoms with Gasteiger partial charge in [-0.05, 0) is 71.3 Å². The zero-order valence-electron chi connectivity index (χ0n) is 14.3. The molecule has 1 heterocycles. The number of nitrogens with zero attached hydrogens (tertiary/aromatic N) is 1. The minimum atomic E-state index is 0.937. The quantitative estimate of drug-likeness (QED) is 0.439.